The zero-order chi connectivity index (χ0) is 14.3. The average Bonchev–Trinajstić information content (AvgIpc) is 2.78. The first-order valence-corrected chi connectivity index (χ1v) is 7.78. The highest BCUT2D eigenvalue weighted by molar-refractivity contribution is 7.90. The van der Waals surface area contributed by atoms with Gasteiger partial charge in [-0.15, -0.1) is 0 Å². The average molecular weight is 287 g/mol. The van der Waals surface area contributed by atoms with Crippen LogP contribution in [0.15, 0.2) is 53.4 Å². The van der Waals surface area contributed by atoms with Crippen molar-refractivity contribution in [3.8, 4) is 0 Å². The van der Waals surface area contributed by atoms with Crippen molar-refractivity contribution in [1.82, 2.24) is 4.22 Å². The fraction of sp³-hybridized carbons (Fsp3) is 0.143. The van der Waals surface area contributed by atoms with E-state index in [9.17, 15) is 13.4 Å². The van der Waals surface area contributed by atoms with E-state index in [4.69, 9.17) is 0 Å². The molecule has 0 aliphatic carbocycles. The van der Waals surface area contributed by atoms with Crippen molar-refractivity contribution in [2.24, 2.45) is 0 Å². The first-order valence-electron chi connectivity index (χ1n) is 6.34. The summed E-state index contributed by atoms with van der Waals surface area (Å²) in [6.45, 7) is 2.10. The minimum atomic E-state index is -3.69. The maximum absolute atomic E-state index is 12.6. The Morgan fingerprint density at radius 1 is 1.10 bits per heavy atom. The molecule has 0 saturated heterocycles. The molecule has 20 heavy (non-hydrogen) atoms. The molecule has 1 N–H and O–H groups in total. The molecule has 1 aliphatic rings. The predicted molar refractivity (Wildman–Crippen MR) is 78.0 cm³/mol. The van der Waals surface area contributed by atoms with Crippen LogP contribution in [0.4, 0.5) is 0 Å². The van der Waals surface area contributed by atoms with E-state index in [1.54, 1.807) is 36.4 Å². The van der Waals surface area contributed by atoms with E-state index < -0.39 is 17.1 Å². The molecule has 0 spiro atoms. The van der Waals surface area contributed by atoms with Crippen LogP contribution in [0.3, 0.4) is 0 Å². The van der Waals surface area contributed by atoms with Gasteiger partial charge in [-0.25, -0.2) is 12.6 Å². The number of aryl methyl sites for hydroxylation is 1. The second kappa shape index (κ2) is 4.73. The minimum Gasteiger partial charge on any atom is -0.433 e. The predicted octanol–water partition coefficient (Wildman–Crippen LogP) is 0.887. The number of benzene rings is 2. The summed E-state index contributed by atoms with van der Waals surface area (Å²) in [5.74, 6) is 0. The summed E-state index contributed by atoms with van der Waals surface area (Å²) >= 11 is 0. The Morgan fingerprint density at radius 3 is 2.40 bits per heavy atom. The topological polar surface area (TPSA) is 57.6 Å². The third-order valence-electron chi connectivity index (χ3n) is 3.56. The number of hydrogen-bond acceptors (Lipinski definition) is 3. The summed E-state index contributed by atoms with van der Waals surface area (Å²) in [7, 11) is -4.80. The van der Waals surface area contributed by atoms with Crippen LogP contribution in [-0.2, 0) is 16.6 Å². The van der Waals surface area contributed by atoms with Gasteiger partial charge in [0.15, 0.2) is 0 Å². The van der Waals surface area contributed by atoms with Crippen LogP contribution in [0.25, 0.3) is 0 Å². The first-order chi connectivity index (χ1) is 9.50. The molecular formula is C14H14BNO3S. The van der Waals surface area contributed by atoms with Gasteiger partial charge in [-0.3, -0.25) is 0 Å². The molecule has 0 radical (unpaired) electrons. The van der Waals surface area contributed by atoms with E-state index in [0.717, 1.165) is 15.3 Å². The second-order valence-corrected chi connectivity index (χ2v) is 6.83. The molecule has 0 unspecified atom stereocenters. The lowest BCUT2D eigenvalue weighted by atomic mass is 9.76. The lowest BCUT2D eigenvalue weighted by Crippen LogP contribution is -2.44. The molecule has 6 heteroatoms. The van der Waals surface area contributed by atoms with Crippen molar-refractivity contribution in [2.45, 2.75) is 18.4 Å². The maximum atomic E-state index is 12.6. The minimum absolute atomic E-state index is 0.202. The van der Waals surface area contributed by atoms with E-state index in [2.05, 4.69) is 0 Å². The molecule has 1 aliphatic heterocycles. The summed E-state index contributed by atoms with van der Waals surface area (Å²) in [5, 5.41) is 10.2. The van der Waals surface area contributed by atoms with E-state index in [1.807, 2.05) is 19.1 Å². The van der Waals surface area contributed by atoms with Crippen LogP contribution in [-0.4, -0.2) is 24.7 Å². The summed E-state index contributed by atoms with van der Waals surface area (Å²) in [5.41, 5.74) is 2.49. The lowest BCUT2D eigenvalue weighted by molar-refractivity contribution is 0.474. The number of rotatable bonds is 2. The number of hydrogen-bond donors (Lipinski definition) is 1. The van der Waals surface area contributed by atoms with Crippen LogP contribution in [0.2, 0.25) is 0 Å². The molecule has 0 atom stereocenters. The zero-order valence-electron chi connectivity index (χ0n) is 11.0. The normalized spacial score (nSPS) is 15.4. The highest BCUT2D eigenvalue weighted by atomic mass is 32.2. The molecule has 0 amide bonds. The maximum Gasteiger partial charge on any atom is 0.430 e. The highest BCUT2D eigenvalue weighted by Gasteiger charge is 2.41. The largest absolute Gasteiger partial charge is 0.433 e. The number of sulfonamides is 1. The van der Waals surface area contributed by atoms with Gasteiger partial charge in [0.2, 0.25) is 10.0 Å². The smallest absolute Gasteiger partial charge is 0.430 e. The lowest BCUT2D eigenvalue weighted by Gasteiger charge is -2.18. The van der Waals surface area contributed by atoms with Gasteiger partial charge in [0.25, 0.3) is 0 Å². The van der Waals surface area contributed by atoms with Crippen molar-refractivity contribution in [3.05, 3.63) is 59.7 Å². The molecule has 3 rings (SSSR count). The van der Waals surface area contributed by atoms with Crippen molar-refractivity contribution < 1.29 is 13.4 Å². The molecule has 0 bridgehead atoms. The Morgan fingerprint density at radius 2 is 1.75 bits per heavy atom. The summed E-state index contributed by atoms with van der Waals surface area (Å²) < 4.78 is 26.3. The van der Waals surface area contributed by atoms with Crippen LogP contribution in [0.1, 0.15) is 11.1 Å². The van der Waals surface area contributed by atoms with E-state index in [0.29, 0.717) is 5.46 Å². The van der Waals surface area contributed by atoms with Crippen LogP contribution in [0.5, 0.6) is 0 Å². The van der Waals surface area contributed by atoms with Crippen LogP contribution < -0.4 is 5.46 Å². The third kappa shape index (κ3) is 2.06. The molecule has 102 valence electrons. The van der Waals surface area contributed by atoms with Gasteiger partial charge >= 0.3 is 7.05 Å². The van der Waals surface area contributed by atoms with Crippen LogP contribution >= 0.6 is 0 Å². The van der Waals surface area contributed by atoms with Gasteiger partial charge < -0.3 is 5.02 Å². The standard InChI is InChI=1S/C14H14BNO3S/c1-11-6-8-13(9-7-11)20(18,19)16-10-12-4-2-3-5-14(12)15(16)17/h2-9,17H,10H2,1H3. The van der Waals surface area contributed by atoms with E-state index >= 15 is 0 Å². The fourth-order valence-electron chi connectivity index (χ4n) is 2.40. The van der Waals surface area contributed by atoms with Gasteiger partial charge in [0.05, 0.1) is 4.90 Å². The van der Waals surface area contributed by atoms with E-state index in [1.165, 1.54) is 0 Å². The quantitative estimate of drug-likeness (QED) is 0.834. The van der Waals surface area contributed by atoms with Crippen molar-refractivity contribution in [1.29, 1.82) is 0 Å². The van der Waals surface area contributed by atoms with Crippen molar-refractivity contribution >= 4 is 22.5 Å². The number of fused-ring (bicyclic) bond motifs is 1. The third-order valence-corrected chi connectivity index (χ3v) is 5.37. The SMILES string of the molecule is Cc1ccc(S(=O)(=O)N2Cc3ccccc3B2O)cc1. The Bertz CT molecular complexity index is 743. The molecule has 2 aromatic carbocycles. The molecule has 0 fully saturated rings. The van der Waals surface area contributed by atoms with Gasteiger partial charge in [-0.05, 0) is 30.1 Å². The molecule has 0 saturated carbocycles. The van der Waals surface area contributed by atoms with Gasteiger partial charge in [-0.2, -0.15) is 0 Å². The fourth-order valence-corrected chi connectivity index (χ4v) is 3.84. The van der Waals surface area contributed by atoms with Crippen LogP contribution in [0, 0.1) is 6.92 Å². The Balaban J connectivity index is 2.00. The van der Waals surface area contributed by atoms with E-state index in [-0.39, 0.29) is 11.4 Å². The van der Waals surface area contributed by atoms with Crippen molar-refractivity contribution in [3.63, 3.8) is 0 Å². The van der Waals surface area contributed by atoms with Gasteiger partial charge in [0.1, 0.15) is 0 Å². The van der Waals surface area contributed by atoms with Crippen molar-refractivity contribution in [2.75, 3.05) is 0 Å². The molecule has 0 aromatic heterocycles. The molecule has 4 nitrogen and oxygen atoms in total. The molecular weight excluding hydrogens is 273 g/mol. The van der Waals surface area contributed by atoms with Gasteiger partial charge in [-0.1, -0.05) is 42.0 Å². The molecule has 2 aromatic rings. The Kier molecular flexibility index (Phi) is 3.16. The second-order valence-electron chi connectivity index (χ2n) is 4.94. The summed E-state index contributed by atoms with van der Waals surface area (Å²) in [4.78, 5) is 0.204. The Labute approximate surface area is 118 Å². The van der Waals surface area contributed by atoms with Gasteiger partial charge in [0, 0.05) is 6.54 Å². The monoisotopic (exact) mass is 287 g/mol. The highest BCUT2D eigenvalue weighted by Crippen LogP contribution is 2.23. The first kappa shape index (κ1) is 13.4. The summed E-state index contributed by atoms with van der Waals surface area (Å²) in [6.07, 6.45) is 0. The Hall–Kier alpha value is -1.63. The number of nitrogens with zero attached hydrogens (tertiary/aromatic N) is 1. The molecule has 1 heterocycles. The summed E-state index contributed by atoms with van der Waals surface area (Å²) in [6, 6.07) is 13.9. The zero-order valence-corrected chi connectivity index (χ0v) is 11.8.